The summed E-state index contributed by atoms with van der Waals surface area (Å²) >= 11 is 0. The van der Waals surface area contributed by atoms with Crippen LogP contribution in [0.15, 0.2) is 24.3 Å². The van der Waals surface area contributed by atoms with Crippen LogP contribution in [0.25, 0.3) is 0 Å². The minimum atomic E-state index is -0.491. The quantitative estimate of drug-likeness (QED) is 0.862. The largest absolute Gasteiger partial charge is 0.497 e. The average Bonchev–Trinajstić information content (AvgIpc) is 2.68. The van der Waals surface area contributed by atoms with E-state index in [1.54, 1.807) is 7.11 Å². The van der Waals surface area contributed by atoms with Crippen LogP contribution in [0.1, 0.15) is 18.4 Å². The zero-order valence-corrected chi connectivity index (χ0v) is 10.6. The van der Waals surface area contributed by atoms with Crippen LogP contribution in [-0.2, 0) is 6.42 Å². The minimum absolute atomic E-state index is 0.491. The second kappa shape index (κ2) is 5.07. The fraction of sp³-hybridized carbons (Fsp3) is 0.571. The number of benzene rings is 1. The highest BCUT2D eigenvalue weighted by atomic mass is 16.5. The van der Waals surface area contributed by atoms with Gasteiger partial charge in [0.05, 0.1) is 12.7 Å². The summed E-state index contributed by atoms with van der Waals surface area (Å²) in [6.07, 6.45) is 2.65. The molecule has 3 nitrogen and oxygen atoms in total. The number of likely N-dealkylation sites (N-methyl/N-ethyl adjacent to an activating group) is 1. The third-order valence-electron chi connectivity index (χ3n) is 3.56. The van der Waals surface area contributed by atoms with Crippen LogP contribution in [0.4, 0.5) is 0 Å². The second-order valence-corrected chi connectivity index (χ2v) is 5.06. The molecule has 94 valence electrons. The van der Waals surface area contributed by atoms with Gasteiger partial charge >= 0.3 is 0 Å². The van der Waals surface area contributed by atoms with Crippen molar-refractivity contribution in [3.05, 3.63) is 29.8 Å². The van der Waals surface area contributed by atoms with Crippen molar-refractivity contribution < 1.29 is 9.84 Å². The van der Waals surface area contributed by atoms with Crippen LogP contribution in [0.2, 0.25) is 0 Å². The van der Waals surface area contributed by atoms with Gasteiger partial charge in [-0.2, -0.15) is 0 Å². The Labute approximate surface area is 103 Å². The molecule has 1 saturated heterocycles. The number of aliphatic hydroxyl groups is 1. The van der Waals surface area contributed by atoms with Gasteiger partial charge in [-0.3, -0.25) is 0 Å². The van der Waals surface area contributed by atoms with Crippen LogP contribution in [0.3, 0.4) is 0 Å². The van der Waals surface area contributed by atoms with Crippen molar-refractivity contribution >= 4 is 0 Å². The third kappa shape index (κ3) is 3.20. The van der Waals surface area contributed by atoms with Crippen molar-refractivity contribution in [3.8, 4) is 5.75 Å². The van der Waals surface area contributed by atoms with Gasteiger partial charge < -0.3 is 14.7 Å². The number of aryl methyl sites for hydroxylation is 1. The van der Waals surface area contributed by atoms with Crippen LogP contribution in [-0.4, -0.2) is 42.9 Å². The molecule has 0 aromatic heterocycles. The van der Waals surface area contributed by atoms with E-state index in [0.29, 0.717) is 0 Å². The van der Waals surface area contributed by atoms with Gasteiger partial charge in [-0.25, -0.2) is 0 Å². The van der Waals surface area contributed by atoms with E-state index in [1.165, 1.54) is 5.56 Å². The Morgan fingerprint density at radius 2 is 2.06 bits per heavy atom. The van der Waals surface area contributed by atoms with Crippen molar-refractivity contribution in [1.82, 2.24) is 4.90 Å². The van der Waals surface area contributed by atoms with E-state index < -0.39 is 5.60 Å². The monoisotopic (exact) mass is 235 g/mol. The zero-order chi connectivity index (χ0) is 12.3. The number of likely N-dealkylation sites (tertiary alicyclic amines) is 1. The fourth-order valence-electron chi connectivity index (χ4n) is 2.43. The molecule has 1 aliphatic rings. The van der Waals surface area contributed by atoms with Crippen LogP contribution in [0, 0.1) is 0 Å². The van der Waals surface area contributed by atoms with Gasteiger partial charge in [-0.15, -0.1) is 0 Å². The summed E-state index contributed by atoms with van der Waals surface area (Å²) < 4.78 is 5.12. The van der Waals surface area contributed by atoms with Crippen molar-refractivity contribution in [2.24, 2.45) is 0 Å². The molecule has 1 N–H and O–H groups in total. The average molecular weight is 235 g/mol. The van der Waals surface area contributed by atoms with Gasteiger partial charge in [0.2, 0.25) is 0 Å². The van der Waals surface area contributed by atoms with Crippen LogP contribution < -0.4 is 4.74 Å². The zero-order valence-electron chi connectivity index (χ0n) is 10.6. The van der Waals surface area contributed by atoms with Gasteiger partial charge in [-0.1, -0.05) is 12.1 Å². The summed E-state index contributed by atoms with van der Waals surface area (Å²) in [5.41, 5.74) is 0.767. The van der Waals surface area contributed by atoms with Crippen LogP contribution >= 0.6 is 0 Å². The van der Waals surface area contributed by atoms with E-state index in [1.807, 2.05) is 12.1 Å². The summed E-state index contributed by atoms with van der Waals surface area (Å²) in [6, 6.07) is 8.09. The lowest BCUT2D eigenvalue weighted by atomic mass is 9.94. The number of nitrogens with zero attached hydrogens (tertiary/aromatic N) is 1. The molecule has 1 aromatic carbocycles. The summed E-state index contributed by atoms with van der Waals surface area (Å²) in [6.45, 7) is 1.79. The number of methoxy groups -OCH3 is 1. The van der Waals surface area contributed by atoms with Crippen LogP contribution in [0.5, 0.6) is 5.75 Å². The Morgan fingerprint density at radius 3 is 2.59 bits per heavy atom. The predicted molar refractivity (Wildman–Crippen MR) is 68.4 cm³/mol. The predicted octanol–water partition coefficient (Wildman–Crippen LogP) is 1.69. The topological polar surface area (TPSA) is 32.7 Å². The SMILES string of the molecule is COc1ccc(CCC2(O)CCN(C)C2)cc1. The summed E-state index contributed by atoms with van der Waals surface area (Å²) in [5, 5.41) is 10.4. The molecule has 0 radical (unpaired) electrons. The van der Waals surface area contributed by atoms with Gasteiger partial charge in [-0.05, 0) is 44.0 Å². The molecular weight excluding hydrogens is 214 g/mol. The van der Waals surface area contributed by atoms with E-state index in [-0.39, 0.29) is 0 Å². The standard InChI is InChI=1S/C14H21NO2/c1-15-10-9-14(16,11-15)8-7-12-3-5-13(17-2)6-4-12/h3-6,16H,7-11H2,1-2H3. The van der Waals surface area contributed by atoms with Crippen molar-refractivity contribution in [2.45, 2.75) is 24.9 Å². The first-order valence-electron chi connectivity index (χ1n) is 6.15. The molecule has 3 heteroatoms. The van der Waals surface area contributed by atoms with Crippen molar-refractivity contribution in [1.29, 1.82) is 0 Å². The van der Waals surface area contributed by atoms with Gasteiger partial charge in [0, 0.05) is 13.1 Å². The number of rotatable bonds is 4. The first-order valence-corrected chi connectivity index (χ1v) is 6.15. The Hall–Kier alpha value is -1.06. The maximum atomic E-state index is 10.4. The van der Waals surface area contributed by atoms with Gasteiger partial charge in [0.25, 0.3) is 0 Å². The first kappa shape index (κ1) is 12.4. The lowest BCUT2D eigenvalue weighted by Crippen LogP contribution is -2.32. The molecule has 1 atom stereocenters. The molecule has 17 heavy (non-hydrogen) atoms. The molecule has 1 fully saturated rings. The maximum Gasteiger partial charge on any atom is 0.118 e. The molecule has 0 amide bonds. The number of hydrogen-bond donors (Lipinski definition) is 1. The molecule has 0 spiro atoms. The van der Waals surface area contributed by atoms with Crippen molar-refractivity contribution in [3.63, 3.8) is 0 Å². The molecule has 1 unspecified atom stereocenters. The Morgan fingerprint density at radius 1 is 1.35 bits per heavy atom. The maximum absolute atomic E-state index is 10.4. The highest BCUT2D eigenvalue weighted by Crippen LogP contribution is 2.25. The highest BCUT2D eigenvalue weighted by Gasteiger charge is 2.33. The second-order valence-electron chi connectivity index (χ2n) is 5.06. The number of ether oxygens (including phenoxy) is 1. The van der Waals surface area contributed by atoms with E-state index in [4.69, 9.17) is 4.74 Å². The first-order chi connectivity index (χ1) is 8.11. The van der Waals surface area contributed by atoms with Crippen molar-refractivity contribution in [2.75, 3.05) is 27.2 Å². The van der Waals surface area contributed by atoms with E-state index in [2.05, 4.69) is 24.1 Å². The lowest BCUT2D eigenvalue weighted by Gasteiger charge is -2.22. The summed E-state index contributed by atoms with van der Waals surface area (Å²) in [7, 11) is 3.73. The van der Waals surface area contributed by atoms with E-state index in [9.17, 15) is 5.11 Å². The van der Waals surface area contributed by atoms with E-state index in [0.717, 1.165) is 38.1 Å². The molecule has 1 heterocycles. The minimum Gasteiger partial charge on any atom is -0.497 e. The third-order valence-corrected chi connectivity index (χ3v) is 3.56. The Bertz CT molecular complexity index is 363. The molecular formula is C14H21NO2. The molecule has 0 saturated carbocycles. The smallest absolute Gasteiger partial charge is 0.118 e. The summed E-state index contributed by atoms with van der Waals surface area (Å²) in [4.78, 5) is 2.19. The molecule has 0 bridgehead atoms. The highest BCUT2D eigenvalue weighted by molar-refractivity contribution is 5.27. The Balaban J connectivity index is 1.89. The van der Waals surface area contributed by atoms with Gasteiger partial charge in [0.1, 0.15) is 5.75 Å². The van der Waals surface area contributed by atoms with Gasteiger partial charge in [0.15, 0.2) is 0 Å². The normalized spacial score (nSPS) is 25.1. The molecule has 1 aliphatic heterocycles. The Kier molecular flexibility index (Phi) is 3.69. The number of hydrogen-bond acceptors (Lipinski definition) is 3. The lowest BCUT2D eigenvalue weighted by molar-refractivity contribution is 0.0434. The fourth-order valence-corrected chi connectivity index (χ4v) is 2.43. The molecule has 1 aromatic rings. The van der Waals surface area contributed by atoms with E-state index >= 15 is 0 Å². The summed E-state index contributed by atoms with van der Waals surface area (Å²) in [5.74, 6) is 0.882. The molecule has 0 aliphatic carbocycles. The number of β-amino-alcohol motifs (C(OH)–C–C–N with tert-alkyl or cyclic N) is 1. The molecule has 2 rings (SSSR count).